The van der Waals surface area contributed by atoms with Crippen molar-refractivity contribution >= 4 is 5.91 Å². The number of benzene rings is 1. The molecule has 2 atom stereocenters. The molecule has 7 heteroatoms. The van der Waals surface area contributed by atoms with Gasteiger partial charge < -0.3 is 14.8 Å². The summed E-state index contributed by atoms with van der Waals surface area (Å²) in [5.41, 5.74) is 1.31. The molecule has 3 rings (SSSR count). The van der Waals surface area contributed by atoms with Crippen molar-refractivity contribution in [3.63, 3.8) is 0 Å². The minimum atomic E-state index is -0.401. The van der Waals surface area contributed by atoms with Crippen molar-refractivity contribution in [1.82, 2.24) is 15.1 Å². The lowest BCUT2D eigenvalue weighted by Gasteiger charge is -2.17. The number of aromatic nitrogens is 2. The van der Waals surface area contributed by atoms with E-state index in [1.807, 2.05) is 24.7 Å². The second-order valence-corrected chi connectivity index (χ2v) is 6.71. The van der Waals surface area contributed by atoms with Gasteiger partial charge in [0.15, 0.2) is 0 Å². The van der Waals surface area contributed by atoms with Gasteiger partial charge in [-0.25, -0.2) is 4.39 Å². The molecule has 1 aliphatic heterocycles. The Hall–Kier alpha value is -2.41. The van der Waals surface area contributed by atoms with E-state index in [0.717, 1.165) is 5.56 Å². The summed E-state index contributed by atoms with van der Waals surface area (Å²) in [6.45, 7) is 4.73. The molecule has 1 fully saturated rings. The third-order valence-corrected chi connectivity index (χ3v) is 4.62. The van der Waals surface area contributed by atoms with Gasteiger partial charge >= 0.3 is 0 Å². The Labute approximate surface area is 152 Å². The van der Waals surface area contributed by atoms with Crippen LogP contribution in [0.25, 0.3) is 0 Å². The fraction of sp³-hybridized carbons (Fsp3) is 0.474. The van der Waals surface area contributed by atoms with Crippen LogP contribution in [0.3, 0.4) is 0 Å². The number of carbonyl (C=O) groups is 1. The summed E-state index contributed by atoms with van der Waals surface area (Å²) >= 11 is 0. The average Bonchev–Trinajstić information content (AvgIpc) is 3.29. The molecular formula is C19H24FN3O3. The normalized spacial score (nSPS) is 19.7. The van der Waals surface area contributed by atoms with Gasteiger partial charge in [-0.1, -0.05) is 6.07 Å². The second kappa shape index (κ2) is 7.86. The summed E-state index contributed by atoms with van der Waals surface area (Å²) in [6.07, 6.45) is 3.99. The van der Waals surface area contributed by atoms with E-state index in [9.17, 15) is 9.18 Å². The molecule has 2 heterocycles. The smallest absolute Gasteiger partial charge is 0.226 e. The van der Waals surface area contributed by atoms with Crippen molar-refractivity contribution in [3.8, 4) is 5.75 Å². The lowest BCUT2D eigenvalue weighted by molar-refractivity contribution is -0.126. The van der Waals surface area contributed by atoms with Crippen LogP contribution in [-0.2, 0) is 16.1 Å². The summed E-state index contributed by atoms with van der Waals surface area (Å²) in [4.78, 5) is 12.6. The van der Waals surface area contributed by atoms with Gasteiger partial charge in [-0.2, -0.15) is 5.10 Å². The molecule has 1 aromatic carbocycles. The number of nitrogens with one attached hydrogen (secondary N) is 1. The maximum absolute atomic E-state index is 14.0. The van der Waals surface area contributed by atoms with Crippen molar-refractivity contribution in [1.29, 1.82) is 0 Å². The molecule has 1 aliphatic rings. The zero-order chi connectivity index (χ0) is 18.7. The van der Waals surface area contributed by atoms with Crippen molar-refractivity contribution in [2.75, 3.05) is 13.7 Å². The van der Waals surface area contributed by atoms with Crippen molar-refractivity contribution in [2.24, 2.45) is 5.92 Å². The Bertz CT molecular complexity index is 775. The van der Waals surface area contributed by atoms with E-state index in [0.29, 0.717) is 24.3 Å². The molecule has 0 saturated carbocycles. The van der Waals surface area contributed by atoms with Crippen LogP contribution in [0.15, 0.2) is 30.6 Å². The minimum absolute atomic E-state index is 0.128. The van der Waals surface area contributed by atoms with Gasteiger partial charge in [-0.3, -0.25) is 9.48 Å². The SMILES string of the molecule is COc1ccc(CNC(=O)[C@H]2CCO[C@@H]2c2cnn(C(C)C)c2)c(F)c1. The largest absolute Gasteiger partial charge is 0.497 e. The van der Waals surface area contributed by atoms with E-state index in [1.165, 1.54) is 13.2 Å². The van der Waals surface area contributed by atoms with E-state index in [1.54, 1.807) is 18.3 Å². The Balaban J connectivity index is 1.64. The van der Waals surface area contributed by atoms with Gasteiger partial charge in [-0.05, 0) is 26.3 Å². The molecule has 2 aromatic rings. The van der Waals surface area contributed by atoms with Crippen molar-refractivity contribution < 1.29 is 18.7 Å². The highest BCUT2D eigenvalue weighted by Gasteiger charge is 2.36. The fourth-order valence-corrected chi connectivity index (χ4v) is 3.08. The van der Waals surface area contributed by atoms with Gasteiger partial charge in [0.1, 0.15) is 11.6 Å². The summed E-state index contributed by atoms with van der Waals surface area (Å²) < 4.78 is 26.6. The first kappa shape index (κ1) is 18.4. The van der Waals surface area contributed by atoms with Gasteiger partial charge in [0.05, 0.1) is 25.3 Å². The van der Waals surface area contributed by atoms with Crippen LogP contribution in [-0.4, -0.2) is 29.4 Å². The predicted octanol–water partition coefficient (Wildman–Crippen LogP) is 3.01. The van der Waals surface area contributed by atoms with E-state index in [4.69, 9.17) is 9.47 Å². The number of hydrogen-bond acceptors (Lipinski definition) is 4. The molecule has 0 spiro atoms. The highest BCUT2D eigenvalue weighted by atomic mass is 19.1. The van der Waals surface area contributed by atoms with Crippen molar-refractivity contribution in [3.05, 3.63) is 47.5 Å². The number of rotatable bonds is 6. The Morgan fingerprint density at radius 1 is 1.50 bits per heavy atom. The molecule has 6 nitrogen and oxygen atoms in total. The lowest BCUT2D eigenvalue weighted by atomic mass is 9.96. The predicted molar refractivity (Wildman–Crippen MR) is 94.2 cm³/mol. The Kier molecular flexibility index (Phi) is 5.56. The number of methoxy groups -OCH3 is 1. The molecular weight excluding hydrogens is 337 g/mol. The Morgan fingerprint density at radius 2 is 2.31 bits per heavy atom. The maximum Gasteiger partial charge on any atom is 0.226 e. The van der Waals surface area contributed by atoms with E-state index >= 15 is 0 Å². The number of ether oxygens (including phenoxy) is 2. The zero-order valence-corrected chi connectivity index (χ0v) is 15.2. The first-order valence-corrected chi connectivity index (χ1v) is 8.75. The summed E-state index contributed by atoms with van der Waals surface area (Å²) in [7, 11) is 1.48. The topological polar surface area (TPSA) is 65.4 Å². The Morgan fingerprint density at radius 3 is 2.96 bits per heavy atom. The first-order chi connectivity index (χ1) is 12.5. The highest BCUT2D eigenvalue weighted by molar-refractivity contribution is 5.79. The van der Waals surface area contributed by atoms with E-state index in [-0.39, 0.29) is 30.5 Å². The molecule has 0 aliphatic carbocycles. The fourth-order valence-electron chi connectivity index (χ4n) is 3.08. The quantitative estimate of drug-likeness (QED) is 0.859. The molecule has 1 aromatic heterocycles. The maximum atomic E-state index is 14.0. The minimum Gasteiger partial charge on any atom is -0.497 e. The highest BCUT2D eigenvalue weighted by Crippen LogP contribution is 2.34. The van der Waals surface area contributed by atoms with Crippen LogP contribution in [0.1, 0.15) is 43.5 Å². The molecule has 1 N–H and O–H groups in total. The van der Waals surface area contributed by atoms with Crippen LogP contribution in [0, 0.1) is 11.7 Å². The third-order valence-electron chi connectivity index (χ3n) is 4.62. The molecule has 1 amide bonds. The van der Waals surface area contributed by atoms with E-state index in [2.05, 4.69) is 10.4 Å². The molecule has 0 bridgehead atoms. The summed E-state index contributed by atoms with van der Waals surface area (Å²) in [6, 6.07) is 4.84. The standard InChI is InChI=1S/C19H24FN3O3/c1-12(2)23-11-14(10-22-23)18-16(6-7-26-18)19(24)21-9-13-4-5-15(25-3)8-17(13)20/h4-5,8,10-12,16,18H,6-7,9H2,1-3H3,(H,21,24)/t16-,18+/m0/s1. The molecule has 140 valence electrons. The summed E-state index contributed by atoms with van der Waals surface area (Å²) in [5.74, 6) is -0.396. The number of nitrogens with zero attached hydrogens (tertiary/aromatic N) is 2. The van der Waals surface area contributed by atoms with Crippen LogP contribution < -0.4 is 10.1 Å². The lowest BCUT2D eigenvalue weighted by Crippen LogP contribution is -2.32. The molecule has 26 heavy (non-hydrogen) atoms. The van der Waals surface area contributed by atoms with Crippen LogP contribution in [0.5, 0.6) is 5.75 Å². The number of carbonyl (C=O) groups excluding carboxylic acids is 1. The van der Waals surface area contributed by atoms with Gasteiger partial charge in [0, 0.05) is 42.6 Å². The van der Waals surface area contributed by atoms with Gasteiger partial charge in [0.2, 0.25) is 5.91 Å². The number of halogens is 1. The molecule has 0 unspecified atom stereocenters. The number of hydrogen-bond donors (Lipinski definition) is 1. The summed E-state index contributed by atoms with van der Waals surface area (Å²) in [5, 5.41) is 7.14. The average molecular weight is 361 g/mol. The van der Waals surface area contributed by atoms with Gasteiger partial charge in [0.25, 0.3) is 0 Å². The molecule has 0 radical (unpaired) electrons. The monoisotopic (exact) mass is 361 g/mol. The van der Waals surface area contributed by atoms with Crippen LogP contribution >= 0.6 is 0 Å². The van der Waals surface area contributed by atoms with Crippen molar-refractivity contribution in [2.45, 2.75) is 39.0 Å². The number of amides is 1. The first-order valence-electron chi connectivity index (χ1n) is 8.75. The van der Waals surface area contributed by atoms with Gasteiger partial charge in [-0.15, -0.1) is 0 Å². The van der Waals surface area contributed by atoms with Crippen LogP contribution in [0.2, 0.25) is 0 Å². The third kappa shape index (κ3) is 3.88. The second-order valence-electron chi connectivity index (χ2n) is 6.71. The zero-order valence-electron chi connectivity index (χ0n) is 15.2. The van der Waals surface area contributed by atoms with Crippen LogP contribution in [0.4, 0.5) is 4.39 Å². The molecule has 1 saturated heterocycles. The van der Waals surface area contributed by atoms with E-state index < -0.39 is 5.82 Å².